The molecule has 2 aromatic heterocycles. The second kappa shape index (κ2) is 12.9. The van der Waals surface area contributed by atoms with E-state index >= 15 is 0 Å². The Morgan fingerprint density at radius 2 is 1.78 bits per heavy atom. The first-order valence-electron chi connectivity index (χ1n) is 10.3. The van der Waals surface area contributed by atoms with E-state index in [1.54, 1.807) is 19.2 Å². The van der Waals surface area contributed by atoms with Gasteiger partial charge in [0.1, 0.15) is 0 Å². The number of aryl methyl sites for hydroxylation is 2. The molecule has 9 heteroatoms. The van der Waals surface area contributed by atoms with Crippen LogP contribution in [-0.2, 0) is 9.47 Å². The van der Waals surface area contributed by atoms with Gasteiger partial charge in [0, 0.05) is 11.4 Å². The Kier molecular flexibility index (Phi) is 10.7. The van der Waals surface area contributed by atoms with Crippen molar-refractivity contribution in [3.63, 3.8) is 0 Å². The van der Waals surface area contributed by atoms with Crippen LogP contribution in [0, 0.1) is 19.8 Å². The number of methoxy groups -OCH3 is 1. The zero-order chi connectivity index (χ0) is 24.3. The molecule has 1 amide bonds. The Morgan fingerprint density at radius 3 is 2.31 bits per heavy atom. The van der Waals surface area contributed by atoms with Gasteiger partial charge in [0.2, 0.25) is 5.95 Å². The van der Waals surface area contributed by atoms with Gasteiger partial charge in [-0.05, 0) is 44.4 Å². The van der Waals surface area contributed by atoms with Gasteiger partial charge in [0.05, 0.1) is 31.0 Å². The van der Waals surface area contributed by atoms with Gasteiger partial charge >= 0.3 is 12.1 Å². The van der Waals surface area contributed by atoms with E-state index in [2.05, 4.69) is 46.8 Å². The van der Waals surface area contributed by atoms with Crippen molar-refractivity contribution < 1.29 is 19.1 Å². The zero-order valence-electron chi connectivity index (χ0n) is 19.8. The molecule has 174 valence electrons. The van der Waals surface area contributed by atoms with E-state index in [4.69, 9.17) is 4.74 Å². The molecule has 0 aliphatic carbocycles. The Balaban J connectivity index is 0.000000485. The fourth-order valence-electron chi connectivity index (χ4n) is 2.52. The van der Waals surface area contributed by atoms with Crippen molar-refractivity contribution in [2.45, 2.75) is 41.5 Å². The molecule has 0 saturated carbocycles. The van der Waals surface area contributed by atoms with Crippen LogP contribution < -0.4 is 11.1 Å². The third-order valence-corrected chi connectivity index (χ3v) is 3.92. The lowest BCUT2D eigenvalue weighted by Gasteiger charge is -2.11. The van der Waals surface area contributed by atoms with Gasteiger partial charge < -0.3 is 20.5 Å². The molecular weight excluding hydrogens is 410 g/mol. The van der Waals surface area contributed by atoms with Crippen molar-refractivity contribution >= 4 is 29.2 Å². The number of ether oxygens (including phenoxy) is 2. The number of carbonyl (C=O) groups excluding carboxylic acids is 2. The summed E-state index contributed by atoms with van der Waals surface area (Å²) in [5.41, 5.74) is 8.55. The number of nitrogens with one attached hydrogen (secondary N) is 1. The van der Waals surface area contributed by atoms with Gasteiger partial charge in [-0.2, -0.15) is 5.10 Å². The predicted molar refractivity (Wildman–Crippen MR) is 125 cm³/mol. The maximum atomic E-state index is 12.1. The number of fused-ring (bicyclic) bond motifs is 1. The summed E-state index contributed by atoms with van der Waals surface area (Å²) < 4.78 is 10.9. The number of nitrogens with zero attached hydrogens (tertiary/aromatic N) is 3. The van der Waals surface area contributed by atoms with E-state index in [0.29, 0.717) is 18.1 Å². The van der Waals surface area contributed by atoms with Gasteiger partial charge in [0.15, 0.2) is 0 Å². The van der Waals surface area contributed by atoms with E-state index in [-0.39, 0.29) is 5.97 Å². The Morgan fingerprint density at radius 1 is 1.19 bits per heavy atom. The number of rotatable bonds is 4. The number of amides is 1. The van der Waals surface area contributed by atoms with Gasteiger partial charge in [-0.25, -0.2) is 9.59 Å². The summed E-state index contributed by atoms with van der Waals surface area (Å²) in [5, 5.41) is 11.5. The topological polar surface area (TPSA) is 121 Å². The van der Waals surface area contributed by atoms with Gasteiger partial charge in [-0.15, -0.1) is 5.10 Å². The average molecular weight is 444 g/mol. The molecular formula is C23H33N5O4. The molecule has 0 aliphatic rings. The third kappa shape index (κ3) is 7.90. The minimum atomic E-state index is -0.745. The molecule has 0 fully saturated rings. The Hall–Kier alpha value is -3.62. The zero-order valence-corrected chi connectivity index (χ0v) is 19.8. The molecule has 1 aromatic carbocycles. The van der Waals surface area contributed by atoms with Crippen LogP contribution in [0.4, 0.5) is 16.4 Å². The van der Waals surface area contributed by atoms with Crippen LogP contribution in [0.5, 0.6) is 0 Å². The van der Waals surface area contributed by atoms with Gasteiger partial charge in [-0.1, -0.05) is 39.0 Å². The lowest BCUT2D eigenvalue weighted by atomic mass is 10.2. The van der Waals surface area contributed by atoms with Crippen LogP contribution >= 0.6 is 0 Å². The molecule has 9 nitrogen and oxygen atoms in total. The number of anilines is 2. The number of esters is 1. The fraction of sp³-hybridized carbons (Fsp3) is 0.391. The highest BCUT2D eigenvalue weighted by atomic mass is 16.5. The molecule has 3 rings (SSSR count). The monoisotopic (exact) mass is 443 g/mol. The van der Waals surface area contributed by atoms with Crippen molar-refractivity contribution in [2.75, 3.05) is 19.0 Å². The summed E-state index contributed by atoms with van der Waals surface area (Å²) in [6.07, 6.45) is 0.878. The Labute approximate surface area is 188 Å². The number of hydrogen-bond acceptors (Lipinski definition) is 7. The van der Waals surface area contributed by atoms with Crippen LogP contribution in [0.15, 0.2) is 36.5 Å². The SMILES string of the molecule is CC(C)C.CCOC(=O)c1cc2cnnc(Nc3ccccc3C)n2c1C.COC(N)=O. The molecule has 0 spiro atoms. The number of hydrogen-bond donors (Lipinski definition) is 2. The van der Waals surface area contributed by atoms with E-state index < -0.39 is 6.09 Å². The number of aromatic nitrogens is 3. The predicted octanol–water partition coefficient (Wildman–Crippen LogP) is 4.64. The minimum absolute atomic E-state index is 0.337. The average Bonchev–Trinajstić information content (AvgIpc) is 3.07. The largest absolute Gasteiger partial charge is 0.462 e. The molecule has 0 atom stereocenters. The molecule has 0 unspecified atom stereocenters. The first-order chi connectivity index (χ1) is 15.1. The maximum Gasteiger partial charge on any atom is 0.404 e. The molecule has 3 aromatic rings. The van der Waals surface area contributed by atoms with Crippen LogP contribution in [0.25, 0.3) is 5.52 Å². The van der Waals surface area contributed by atoms with E-state index in [9.17, 15) is 9.59 Å². The second-order valence-corrected chi connectivity index (χ2v) is 7.49. The summed E-state index contributed by atoms with van der Waals surface area (Å²) in [5.74, 6) is 1.06. The summed E-state index contributed by atoms with van der Waals surface area (Å²) >= 11 is 0. The van der Waals surface area contributed by atoms with E-state index in [1.807, 2.05) is 42.5 Å². The molecule has 0 bridgehead atoms. The summed E-state index contributed by atoms with van der Waals surface area (Å²) in [6.45, 7) is 12.5. The highest BCUT2D eigenvalue weighted by Crippen LogP contribution is 2.23. The summed E-state index contributed by atoms with van der Waals surface area (Å²) in [7, 11) is 1.22. The minimum Gasteiger partial charge on any atom is -0.462 e. The molecule has 0 saturated heterocycles. The second-order valence-electron chi connectivity index (χ2n) is 7.49. The van der Waals surface area contributed by atoms with Crippen LogP contribution in [0.3, 0.4) is 0 Å². The lowest BCUT2D eigenvalue weighted by molar-refractivity contribution is 0.0525. The highest BCUT2D eigenvalue weighted by molar-refractivity contribution is 5.93. The molecule has 3 N–H and O–H groups in total. The van der Waals surface area contributed by atoms with Gasteiger partial charge in [0.25, 0.3) is 0 Å². The smallest absolute Gasteiger partial charge is 0.404 e. The van der Waals surface area contributed by atoms with Crippen molar-refractivity contribution in [2.24, 2.45) is 11.7 Å². The first-order valence-corrected chi connectivity index (χ1v) is 10.3. The molecule has 32 heavy (non-hydrogen) atoms. The number of benzene rings is 1. The summed E-state index contributed by atoms with van der Waals surface area (Å²) in [4.78, 5) is 21.4. The highest BCUT2D eigenvalue weighted by Gasteiger charge is 2.17. The van der Waals surface area contributed by atoms with E-state index in [0.717, 1.165) is 28.4 Å². The molecule has 0 radical (unpaired) electrons. The van der Waals surface area contributed by atoms with Crippen LogP contribution in [0.2, 0.25) is 0 Å². The quantitative estimate of drug-likeness (QED) is 0.563. The van der Waals surface area contributed by atoms with Crippen molar-refractivity contribution in [1.29, 1.82) is 0 Å². The van der Waals surface area contributed by atoms with Crippen molar-refractivity contribution in [1.82, 2.24) is 14.6 Å². The fourth-order valence-corrected chi connectivity index (χ4v) is 2.52. The normalized spacial score (nSPS) is 9.88. The van der Waals surface area contributed by atoms with Crippen molar-refractivity contribution in [3.05, 3.63) is 53.3 Å². The van der Waals surface area contributed by atoms with Crippen LogP contribution in [0.1, 0.15) is 49.3 Å². The standard InChI is InChI=1S/C17H18N4O2.C4H10.C2H5NO2/c1-4-23-16(22)14-9-13-10-18-20-17(21(13)12(14)3)19-15-8-6-5-7-11(15)2;1-4(2)3;1-5-2(3)4/h5-10H,4H2,1-3H3,(H,19,20);4H,1-3H3;1H3,(H2,3,4). The third-order valence-electron chi connectivity index (χ3n) is 3.92. The molecule has 2 heterocycles. The number of para-hydroxylation sites is 1. The molecule has 0 aliphatic heterocycles. The first kappa shape index (κ1) is 26.4. The number of nitrogens with two attached hydrogens (primary N) is 1. The number of carbonyl (C=O) groups is 2. The van der Waals surface area contributed by atoms with E-state index in [1.165, 1.54) is 7.11 Å². The maximum absolute atomic E-state index is 12.1. The van der Waals surface area contributed by atoms with Crippen molar-refractivity contribution in [3.8, 4) is 0 Å². The summed E-state index contributed by atoms with van der Waals surface area (Å²) in [6, 6.07) is 9.69. The lowest BCUT2D eigenvalue weighted by Crippen LogP contribution is -2.08. The Bertz CT molecular complexity index is 1030. The van der Waals surface area contributed by atoms with Crippen LogP contribution in [-0.4, -0.2) is 40.4 Å². The van der Waals surface area contributed by atoms with Gasteiger partial charge in [-0.3, -0.25) is 4.40 Å². The number of primary amides is 1.